The Bertz CT molecular complexity index is 2000. The van der Waals surface area contributed by atoms with E-state index < -0.39 is 0 Å². The van der Waals surface area contributed by atoms with Gasteiger partial charge in [0.2, 0.25) is 11.7 Å². The zero-order valence-corrected chi connectivity index (χ0v) is 30.0. The van der Waals surface area contributed by atoms with Crippen molar-refractivity contribution in [2.75, 3.05) is 48.8 Å². The van der Waals surface area contributed by atoms with Gasteiger partial charge < -0.3 is 9.80 Å². The molecule has 6 rings (SSSR count). The maximum atomic E-state index is 4.59. The van der Waals surface area contributed by atoms with E-state index in [9.17, 15) is 0 Å². The van der Waals surface area contributed by atoms with Crippen molar-refractivity contribution in [3.63, 3.8) is 0 Å². The Morgan fingerprint density at radius 2 is 0.887 bits per heavy atom. The predicted octanol–water partition coefficient (Wildman–Crippen LogP) is 9.31. The molecule has 264 valence electrons. The third-order valence-electron chi connectivity index (χ3n) is 7.97. The molecule has 4 aromatic carbocycles. The molecule has 12 heteroatoms. The molecule has 53 heavy (non-hydrogen) atoms. The van der Waals surface area contributed by atoms with E-state index in [0.29, 0.717) is 23.3 Å². The summed E-state index contributed by atoms with van der Waals surface area (Å²) in [5.74, 6) is 1.89. The summed E-state index contributed by atoms with van der Waals surface area (Å²) in [5, 5.41) is 26.6. The molecule has 2 N–H and O–H groups in total. The highest BCUT2D eigenvalue weighted by molar-refractivity contribution is 6.00. The smallest absolute Gasteiger partial charge is 0.201 e. The van der Waals surface area contributed by atoms with Gasteiger partial charge in [-0.1, -0.05) is 36.4 Å². The van der Waals surface area contributed by atoms with Crippen LogP contribution in [0.1, 0.15) is 22.3 Å². The van der Waals surface area contributed by atoms with Crippen molar-refractivity contribution in [2.24, 2.45) is 30.7 Å². The average Bonchev–Trinajstić information content (AvgIpc) is 3.20. The number of aromatic nitrogens is 2. The monoisotopic (exact) mass is 700 g/mol. The Morgan fingerprint density at radius 1 is 0.491 bits per heavy atom. The SMILES string of the molecule is CN(C)c1ccc(/C(N=Nc2ccccn2)=N/Nc2ccc(Cc3ccc(N/N=C(\N=Nc4ccccn4)c4ccc(N(C)C)cc4)cc3)cc2)cc1. The Balaban J connectivity index is 1.11. The number of pyridine rings is 2. The molecule has 0 bridgehead atoms. The molecule has 0 saturated heterocycles. The third-order valence-corrected chi connectivity index (χ3v) is 7.97. The molecule has 0 amide bonds. The summed E-state index contributed by atoms with van der Waals surface area (Å²) in [6.45, 7) is 0. The molecule has 6 aromatic rings. The number of rotatable bonds is 12. The summed E-state index contributed by atoms with van der Waals surface area (Å²) in [6, 6.07) is 43.3. The lowest BCUT2D eigenvalue weighted by Crippen LogP contribution is -2.09. The Kier molecular flexibility index (Phi) is 12.0. The van der Waals surface area contributed by atoms with Crippen molar-refractivity contribution in [1.29, 1.82) is 0 Å². The molecule has 0 aliphatic carbocycles. The zero-order valence-electron chi connectivity index (χ0n) is 30.0. The lowest BCUT2D eigenvalue weighted by atomic mass is 10.0. The third kappa shape index (κ3) is 10.5. The average molecular weight is 701 g/mol. The Labute approximate surface area is 309 Å². The number of amidine groups is 2. The summed E-state index contributed by atoms with van der Waals surface area (Å²) in [4.78, 5) is 12.6. The van der Waals surface area contributed by atoms with Crippen LogP contribution in [0.5, 0.6) is 0 Å². The van der Waals surface area contributed by atoms with Gasteiger partial charge in [0.05, 0.1) is 11.4 Å². The first-order chi connectivity index (χ1) is 25.9. The Hall–Kier alpha value is -7.08. The normalized spacial score (nSPS) is 11.9. The lowest BCUT2D eigenvalue weighted by molar-refractivity contribution is 1.13. The van der Waals surface area contributed by atoms with Gasteiger partial charge in [0.1, 0.15) is 0 Å². The highest BCUT2D eigenvalue weighted by Gasteiger charge is 2.07. The first-order valence-electron chi connectivity index (χ1n) is 17.0. The first kappa shape index (κ1) is 35.7. The second-order valence-corrected chi connectivity index (χ2v) is 12.3. The molecular formula is C41H40N12. The minimum absolute atomic E-state index is 0.439. The zero-order chi connectivity index (χ0) is 36.8. The van der Waals surface area contributed by atoms with Crippen LogP contribution in [0.3, 0.4) is 0 Å². The van der Waals surface area contributed by atoms with Crippen LogP contribution in [0.2, 0.25) is 0 Å². The van der Waals surface area contributed by atoms with E-state index in [1.54, 1.807) is 24.5 Å². The van der Waals surface area contributed by atoms with Crippen LogP contribution in [-0.2, 0) is 6.42 Å². The van der Waals surface area contributed by atoms with Crippen molar-refractivity contribution in [2.45, 2.75) is 6.42 Å². The van der Waals surface area contributed by atoms with Crippen LogP contribution in [0, 0.1) is 0 Å². The van der Waals surface area contributed by atoms with E-state index in [1.165, 1.54) is 0 Å². The highest BCUT2D eigenvalue weighted by Crippen LogP contribution is 2.20. The van der Waals surface area contributed by atoms with E-state index in [2.05, 4.69) is 75.7 Å². The quantitative estimate of drug-likeness (QED) is 0.0566. The van der Waals surface area contributed by atoms with Crippen molar-refractivity contribution >= 4 is 46.1 Å². The standard InChI is InChI=1S/C41H40N12/c1-52(2)36-23-15-32(16-24-36)40(50-46-38-9-5-7-27-42-38)48-44-34-19-11-30(12-20-34)29-31-13-21-35(22-14-31)45-49-41(51-47-39-10-6-8-28-43-39)33-17-25-37(26-18-33)53(3)4/h5-28,44-45H,29H2,1-4H3/b48-40-,49-41-,50-46?,51-47?. The summed E-state index contributed by atoms with van der Waals surface area (Å²) in [6.07, 6.45) is 4.12. The predicted molar refractivity (Wildman–Crippen MR) is 215 cm³/mol. The number of hydrazone groups is 2. The van der Waals surface area contributed by atoms with Crippen LogP contribution in [0.25, 0.3) is 0 Å². The largest absolute Gasteiger partial charge is 0.378 e. The molecule has 0 aliphatic rings. The van der Waals surface area contributed by atoms with Gasteiger partial charge in [-0.15, -0.1) is 20.5 Å². The van der Waals surface area contributed by atoms with Gasteiger partial charge in [0, 0.05) is 63.1 Å². The summed E-state index contributed by atoms with van der Waals surface area (Å²) < 4.78 is 0. The van der Waals surface area contributed by atoms with Crippen LogP contribution < -0.4 is 20.7 Å². The van der Waals surface area contributed by atoms with E-state index in [0.717, 1.165) is 51.4 Å². The molecule has 2 heterocycles. The fourth-order valence-corrected chi connectivity index (χ4v) is 4.99. The fraction of sp³-hybridized carbons (Fsp3) is 0.122. The molecule has 0 atom stereocenters. The number of nitrogens with one attached hydrogen (secondary N) is 2. The van der Waals surface area contributed by atoms with Crippen LogP contribution in [0.4, 0.5) is 34.4 Å². The van der Waals surface area contributed by atoms with Crippen molar-refractivity contribution in [3.8, 4) is 0 Å². The van der Waals surface area contributed by atoms with Gasteiger partial charge in [-0.05, 0) is 115 Å². The number of benzene rings is 4. The van der Waals surface area contributed by atoms with Crippen LogP contribution >= 0.6 is 0 Å². The molecule has 0 spiro atoms. The minimum Gasteiger partial charge on any atom is -0.378 e. The van der Waals surface area contributed by atoms with Gasteiger partial charge >= 0.3 is 0 Å². The van der Waals surface area contributed by atoms with E-state index in [1.807, 2.05) is 135 Å². The number of hydrogen-bond donors (Lipinski definition) is 2. The molecule has 0 radical (unpaired) electrons. The summed E-state index contributed by atoms with van der Waals surface area (Å²) in [5.41, 5.74) is 14.1. The van der Waals surface area contributed by atoms with Gasteiger partial charge in [0.25, 0.3) is 0 Å². The molecule has 12 nitrogen and oxygen atoms in total. The molecule has 0 fully saturated rings. The van der Waals surface area contributed by atoms with Gasteiger partial charge in [0.15, 0.2) is 11.6 Å². The molecule has 2 aromatic heterocycles. The Morgan fingerprint density at radius 3 is 1.23 bits per heavy atom. The van der Waals surface area contributed by atoms with Crippen molar-refractivity contribution < 1.29 is 0 Å². The van der Waals surface area contributed by atoms with E-state index >= 15 is 0 Å². The van der Waals surface area contributed by atoms with Gasteiger partial charge in [-0.3, -0.25) is 10.9 Å². The second-order valence-electron chi connectivity index (χ2n) is 12.3. The highest BCUT2D eigenvalue weighted by atomic mass is 15.3. The van der Waals surface area contributed by atoms with E-state index in [4.69, 9.17) is 0 Å². The number of anilines is 4. The maximum Gasteiger partial charge on any atom is 0.201 e. The molecule has 0 aliphatic heterocycles. The number of azo groups is 2. The fourth-order valence-electron chi connectivity index (χ4n) is 4.99. The summed E-state index contributed by atoms with van der Waals surface area (Å²) >= 11 is 0. The number of nitrogens with zero attached hydrogens (tertiary/aromatic N) is 10. The van der Waals surface area contributed by atoms with Gasteiger partial charge in [-0.25, -0.2) is 9.97 Å². The van der Waals surface area contributed by atoms with Crippen LogP contribution in [-0.4, -0.2) is 49.8 Å². The minimum atomic E-state index is 0.439. The van der Waals surface area contributed by atoms with Crippen LogP contribution in [0.15, 0.2) is 177 Å². The topological polar surface area (TPSA) is 130 Å². The van der Waals surface area contributed by atoms with E-state index in [-0.39, 0.29) is 0 Å². The maximum absolute atomic E-state index is 4.59. The second kappa shape index (κ2) is 17.7. The van der Waals surface area contributed by atoms with Crippen molar-refractivity contribution in [1.82, 2.24) is 9.97 Å². The van der Waals surface area contributed by atoms with Gasteiger partial charge in [-0.2, -0.15) is 10.2 Å². The molecule has 0 unspecified atom stereocenters. The number of hydrogen-bond acceptors (Lipinski definition) is 10. The summed E-state index contributed by atoms with van der Waals surface area (Å²) in [7, 11) is 8.01. The lowest BCUT2D eigenvalue weighted by Gasteiger charge is -2.12. The molecular weight excluding hydrogens is 661 g/mol. The van der Waals surface area contributed by atoms with Crippen molar-refractivity contribution in [3.05, 3.63) is 168 Å². The molecule has 0 saturated carbocycles. The first-order valence-corrected chi connectivity index (χ1v) is 17.0.